The number of carbonyl (C=O) groups excluding carboxylic acids is 1. The molecule has 22 heavy (non-hydrogen) atoms. The zero-order valence-electron chi connectivity index (χ0n) is 12.0. The van der Waals surface area contributed by atoms with Crippen LogP contribution in [0.5, 0.6) is 11.5 Å². The molecule has 0 bridgehead atoms. The molecule has 1 aromatic carbocycles. The van der Waals surface area contributed by atoms with E-state index >= 15 is 0 Å². The van der Waals surface area contributed by atoms with Crippen LogP contribution in [0.3, 0.4) is 0 Å². The largest absolute Gasteiger partial charge is 0.493 e. The van der Waals surface area contributed by atoms with Crippen LogP contribution in [0, 0.1) is 0 Å². The lowest BCUT2D eigenvalue weighted by Crippen LogP contribution is -2.05. The molecule has 112 valence electrons. The summed E-state index contributed by atoms with van der Waals surface area (Å²) >= 11 is 0. The highest BCUT2D eigenvalue weighted by Gasteiger charge is 2.25. The Balaban J connectivity index is 1.94. The smallest absolute Gasteiger partial charge is 0.363 e. The number of esters is 1. The molecule has 1 aromatic heterocycles. The van der Waals surface area contributed by atoms with Crippen molar-refractivity contribution in [3.8, 4) is 11.5 Å². The van der Waals surface area contributed by atoms with Crippen LogP contribution in [0.1, 0.15) is 11.3 Å². The average molecular weight is 299 g/mol. The number of cyclic esters (lactones) is 1. The monoisotopic (exact) mass is 299 g/mol. The van der Waals surface area contributed by atoms with Crippen LogP contribution in [0.25, 0.3) is 6.08 Å². The van der Waals surface area contributed by atoms with Gasteiger partial charge in [0.15, 0.2) is 17.2 Å². The van der Waals surface area contributed by atoms with Crippen molar-refractivity contribution >= 4 is 17.9 Å². The van der Waals surface area contributed by atoms with Gasteiger partial charge in [-0.3, -0.25) is 0 Å². The van der Waals surface area contributed by atoms with Crippen molar-refractivity contribution in [2.45, 2.75) is 0 Å². The number of carbonyl (C=O) groups is 1. The topological polar surface area (TPSA) is 70.3 Å². The molecule has 0 spiro atoms. The highest BCUT2D eigenvalue weighted by Crippen LogP contribution is 2.29. The molecule has 2 heterocycles. The molecule has 0 amide bonds. The molecule has 0 saturated carbocycles. The van der Waals surface area contributed by atoms with E-state index in [1.807, 2.05) is 0 Å². The van der Waals surface area contributed by atoms with Crippen LogP contribution in [0.2, 0.25) is 0 Å². The van der Waals surface area contributed by atoms with Gasteiger partial charge in [0.1, 0.15) is 5.76 Å². The van der Waals surface area contributed by atoms with Crippen LogP contribution in [0.15, 0.2) is 51.7 Å². The Kier molecular flexibility index (Phi) is 3.65. The van der Waals surface area contributed by atoms with Gasteiger partial charge in [-0.2, -0.15) is 0 Å². The summed E-state index contributed by atoms with van der Waals surface area (Å²) in [5, 5.41) is 0. The zero-order valence-corrected chi connectivity index (χ0v) is 12.0. The maximum Gasteiger partial charge on any atom is 0.363 e. The van der Waals surface area contributed by atoms with Gasteiger partial charge in [-0.15, -0.1) is 0 Å². The second kappa shape index (κ2) is 5.77. The second-order valence-corrected chi connectivity index (χ2v) is 4.42. The molecule has 2 aromatic rings. The van der Waals surface area contributed by atoms with Gasteiger partial charge in [-0.05, 0) is 30.3 Å². The maximum atomic E-state index is 11.9. The Morgan fingerprint density at radius 2 is 1.95 bits per heavy atom. The SMILES string of the molecule is COc1ccc(C2=NC(=Cc3ccco3)C(=O)O2)cc1OC. The lowest BCUT2D eigenvalue weighted by atomic mass is 10.2. The molecule has 0 N–H and O–H groups in total. The van der Waals surface area contributed by atoms with E-state index in [0.29, 0.717) is 22.8 Å². The van der Waals surface area contributed by atoms with E-state index in [1.54, 1.807) is 37.4 Å². The van der Waals surface area contributed by atoms with Crippen LogP contribution in [0.4, 0.5) is 0 Å². The quantitative estimate of drug-likeness (QED) is 0.641. The number of benzene rings is 1. The number of ether oxygens (including phenoxy) is 3. The molecular formula is C16H13NO5. The minimum Gasteiger partial charge on any atom is -0.493 e. The Morgan fingerprint density at radius 3 is 2.64 bits per heavy atom. The van der Waals surface area contributed by atoms with Gasteiger partial charge in [-0.1, -0.05) is 0 Å². The molecule has 0 atom stereocenters. The standard InChI is InChI=1S/C16H13NO5/c1-19-13-6-5-10(8-14(13)20-2)15-17-12(16(18)22-15)9-11-4-3-7-21-11/h3-9H,1-2H3. The Bertz CT molecular complexity index is 759. The van der Waals surface area contributed by atoms with Gasteiger partial charge in [-0.25, -0.2) is 9.79 Å². The molecule has 1 aliphatic rings. The van der Waals surface area contributed by atoms with Gasteiger partial charge in [0.25, 0.3) is 0 Å². The number of aliphatic imine (C=N–C) groups is 1. The minimum absolute atomic E-state index is 0.180. The van der Waals surface area contributed by atoms with Crippen molar-refractivity contribution in [3.05, 3.63) is 53.6 Å². The molecule has 0 fully saturated rings. The third-order valence-corrected chi connectivity index (χ3v) is 3.07. The number of methoxy groups -OCH3 is 2. The number of nitrogens with zero attached hydrogens (tertiary/aromatic N) is 1. The summed E-state index contributed by atoms with van der Waals surface area (Å²) in [6.45, 7) is 0. The first-order valence-corrected chi connectivity index (χ1v) is 6.49. The van der Waals surface area contributed by atoms with Gasteiger partial charge in [0, 0.05) is 11.6 Å². The van der Waals surface area contributed by atoms with E-state index < -0.39 is 5.97 Å². The summed E-state index contributed by atoms with van der Waals surface area (Å²) in [7, 11) is 3.08. The van der Waals surface area contributed by atoms with Crippen LogP contribution in [-0.4, -0.2) is 26.1 Å². The molecule has 3 rings (SSSR count). The van der Waals surface area contributed by atoms with Gasteiger partial charge in [0.2, 0.25) is 5.90 Å². The summed E-state index contributed by atoms with van der Waals surface area (Å²) in [6, 6.07) is 8.61. The number of rotatable bonds is 4. The summed E-state index contributed by atoms with van der Waals surface area (Å²) in [5.41, 5.74) is 0.800. The number of hydrogen-bond donors (Lipinski definition) is 0. The van der Waals surface area contributed by atoms with Gasteiger partial charge in [0.05, 0.1) is 20.5 Å². The van der Waals surface area contributed by atoms with Gasteiger partial charge >= 0.3 is 5.97 Å². The van der Waals surface area contributed by atoms with E-state index in [0.717, 1.165) is 0 Å². The van der Waals surface area contributed by atoms with Crippen molar-refractivity contribution in [3.63, 3.8) is 0 Å². The predicted octanol–water partition coefficient (Wildman–Crippen LogP) is 2.64. The van der Waals surface area contributed by atoms with Gasteiger partial charge < -0.3 is 18.6 Å². The van der Waals surface area contributed by atoms with E-state index in [1.165, 1.54) is 19.4 Å². The first-order valence-electron chi connectivity index (χ1n) is 6.49. The Hall–Kier alpha value is -3.02. The zero-order chi connectivity index (χ0) is 15.5. The van der Waals surface area contributed by atoms with Crippen molar-refractivity contribution in [1.82, 2.24) is 0 Å². The van der Waals surface area contributed by atoms with Crippen LogP contribution in [-0.2, 0) is 9.53 Å². The van der Waals surface area contributed by atoms with Crippen LogP contribution >= 0.6 is 0 Å². The van der Waals surface area contributed by atoms with E-state index in [2.05, 4.69) is 4.99 Å². The summed E-state index contributed by atoms with van der Waals surface area (Å²) < 4.78 is 20.7. The predicted molar refractivity (Wildman–Crippen MR) is 78.9 cm³/mol. The lowest BCUT2D eigenvalue weighted by Gasteiger charge is -2.08. The van der Waals surface area contributed by atoms with Crippen molar-refractivity contribution < 1.29 is 23.4 Å². The molecule has 1 aliphatic heterocycles. The maximum absolute atomic E-state index is 11.9. The average Bonchev–Trinajstić information content (AvgIpc) is 3.17. The second-order valence-electron chi connectivity index (χ2n) is 4.42. The van der Waals surface area contributed by atoms with E-state index in [-0.39, 0.29) is 11.6 Å². The highest BCUT2D eigenvalue weighted by atomic mass is 16.6. The van der Waals surface area contributed by atoms with Crippen molar-refractivity contribution in [2.24, 2.45) is 4.99 Å². The third-order valence-electron chi connectivity index (χ3n) is 3.07. The molecule has 6 heteroatoms. The first kappa shape index (κ1) is 13.9. The van der Waals surface area contributed by atoms with E-state index in [9.17, 15) is 4.79 Å². The fraction of sp³-hybridized carbons (Fsp3) is 0.125. The normalized spacial score (nSPS) is 15.6. The highest BCUT2D eigenvalue weighted by molar-refractivity contribution is 6.12. The Labute approximate surface area is 126 Å². The molecule has 6 nitrogen and oxygen atoms in total. The summed E-state index contributed by atoms with van der Waals surface area (Å²) in [5.74, 6) is 1.33. The number of furan rings is 1. The molecule has 0 aliphatic carbocycles. The number of hydrogen-bond acceptors (Lipinski definition) is 6. The first-order chi connectivity index (χ1) is 10.7. The van der Waals surface area contributed by atoms with Crippen LogP contribution < -0.4 is 9.47 Å². The Morgan fingerprint density at radius 1 is 1.14 bits per heavy atom. The fourth-order valence-corrected chi connectivity index (χ4v) is 2.01. The summed E-state index contributed by atoms with van der Waals surface area (Å²) in [6.07, 6.45) is 3.04. The minimum atomic E-state index is -0.527. The van der Waals surface area contributed by atoms with Crippen molar-refractivity contribution in [2.75, 3.05) is 14.2 Å². The molecular weight excluding hydrogens is 286 g/mol. The van der Waals surface area contributed by atoms with Crippen molar-refractivity contribution in [1.29, 1.82) is 0 Å². The molecule has 0 unspecified atom stereocenters. The molecule has 0 saturated heterocycles. The summed E-state index contributed by atoms with van der Waals surface area (Å²) in [4.78, 5) is 16.1. The fourth-order valence-electron chi connectivity index (χ4n) is 2.01. The van der Waals surface area contributed by atoms with E-state index in [4.69, 9.17) is 18.6 Å². The lowest BCUT2D eigenvalue weighted by molar-refractivity contribution is -0.129. The third kappa shape index (κ3) is 2.58. The molecule has 0 radical (unpaired) electrons.